The zero-order chi connectivity index (χ0) is 23.9. The quantitative estimate of drug-likeness (QED) is 0.346. The van der Waals surface area contributed by atoms with Gasteiger partial charge in [-0.05, 0) is 75.9 Å². The number of amides is 2. The molecular formula is C22H25Br2N3O4S. The number of carbonyl (C=O) groups excluding carboxylic acids is 2. The SMILES string of the molecule is Cc1cc(Br)cc(Br)c1OCC(=O)NNC(=S)NC(=O)COc1ccc(C(C)(C)C)cc1. The molecule has 10 heteroatoms. The first-order valence-corrected chi connectivity index (χ1v) is 11.7. The van der Waals surface area contributed by atoms with Gasteiger partial charge in [0, 0.05) is 4.47 Å². The Morgan fingerprint density at radius 3 is 2.19 bits per heavy atom. The molecule has 0 spiro atoms. The highest BCUT2D eigenvalue weighted by Gasteiger charge is 2.14. The molecule has 2 amide bonds. The molecule has 2 aromatic carbocycles. The van der Waals surface area contributed by atoms with Gasteiger partial charge in [-0.1, -0.05) is 48.8 Å². The lowest BCUT2D eigenvalue weighted by Crippen LogP contribution is -2.50. The summed E-state index contributed by atoms with van der Waals surface area (Å²) in [4.78, 5) is 24.0. The summed E-state index contributed by atoms with van der Waals surface area (Å²) in [5.41, 5.74) is 6.89. The Kier molecular flexibility index (Phi) is 9.47. The Morgan fingerprint density at radius 1 is 0.969 bits per heavy atom. The number of carbonyl (C=O) groups is 2. The molecule has 0 unspecified atom stereocenters. The second kappa shape index (κ2) is 11.6. The third kappa shape index (κ3) is 8.40. The van der Waals surface area contributed by atoms with Crippen LogP contribution in [0.25, 0.3) is 0 Å². The number of halogens is 2. The summed E-state index contributed by atoms with van der Waals surface area (Å²) in [6, 6.07) is 11.3. The highest BCUT2D eigenvalue weighted by molar-refractivity contribution is 9.11. The highest BCUT2D eigenvalue weighted by Crippen LogP contribution is 2.32. The van der Waals surface area contributed by atoms with Crippen LogP contribution in [0, 0.1) is 6.92 Å². The van der Waals surface area contributed by atoms with E-state index in [1.807, 2.05) is 43.3 Å². The van der Waals surface area contributed by atoms with Gasteiger partial charge in [0.15, 0.2) is 18.3 Å². The van der Waals surface area contributed by atoms with Gasteiger partial charge in [0.2, 0.25) is 0 Å². The number of rotatable bonds is 6. The van der Waals surface area contributed by atoms with E-state index in [1.165, 1.54) is 5.56 Å². The van der Waals surface area contributed by atoms with Crippen LogP contribution in [0.15, 0.2) is 45.3 Å². The van der Waals surface area contributed by atoms with E-state index in [0.717, 1.165) is 14.5 Å². The minimum absolute atomic E-state index is 0.0385. The molecule has 0 aliphatic carbocycles. The average Bonchev–Trinajstić information content (AvgIpc) is 2.69. The van der Waals surface area contributed by atoms with Crippen LogP contribution in [0.1, 0.15) is 31.9 Å². The van der Waals surface area contributed by atoms with E-state index in [0.29, 0.717) is 11.5 Å². The molecule has 0 radical (unpaired) electrons. The van der Waals surface area contributed by atoms with E-state index < -0.39 is 11.8 Å². The van der Waals surface area contributed by atoms with Gasteiger partial charge < -0.3 is 9.47 Å². The zero-order valence-electron chi connectivity index (χ0n) is 18.2. The van der Waals surface area contributed by atoms with Crippen molar-refractivity contribution in [3.05, 3.63) is 56.5 Å². The third-order valence-electron chi connectivity index (χ3n) is 4.20. The lowest BCUT2D eigenvalue weighted by Gasteiger charge is -2.19. The Bertz CT molecular complexity index is 969. The van der Waals surface area contributed by atoms with Gasteiger partial charge in [0.05, 0.1) is 4.47 Å². The number of thiocarbonyl (C=S) groups is 1. The number of hydrogen-bond acceptors (Lipinski definition) is 5. The molecule has 0 fully saturated rings. The van der Waals surface area contributed by atoms with E-state index >= 15 is 0 Å². The number of hydrogen-bond donors (Lipinski definition) is 3. The fraction of sp³-hybridized carbons (Fsp3) is 0.318. The second-order valence-corrected chi connectivity index (χ2v) is 10.1. The normalized spacial score (nSPS) is 10.8. The van der Waals surface area contributed by atoms with Crippen LogP contribution >= 0.6 is 44.1 Å². The maximum atomic E-state index is 12.0. The van der Waals surface area contributed by atoms with Crippen molar-refractivity contribution in [1.82, 2.24) is 16.2 Å². The molecule has 7 nitrogen and oxygen atoms in total. The molecule has 0 aliphatic rings. The molecule has 0 atom stereocenters. The standard InChI is InChI=1S/C22H25Br2N3O4S/c1-13-9-15(23)10-17(24)20(13)31-12-19(29)26-27-21(32)25-18(28)11-30-16-7-5-14(6-8-16)22(2,3)4/h5-10H,11-12H2,1-4H3,(H,26,29)(H2,25,27,28,32). The minimum atomic E-state index is -0.467. The van der Waals surface area contributed by atoms with Gasteiger partial charge in [0.25, 0.3) is 11.8 Å². The van der Waals surface area contributed by atoms with Crippen molar-refractivity contribution in [2.24, 2.45) is 0 Å². The van der Waals surface area contributed by atoms with Crippen LogP contribution in [0.4, 0.5) is 0 Å². The van der Waals surface area contributed by atoms with Crippen molar-refractivity contribution in [3.63, 3.8) is 0 Å². The first-order valence-electron chi connectivity index (χ1n) is 9.66. The molecule has 0 saturated heterocycles. The molecule has 0 aromatic heterocycles. The first kappa shape index (κ1) is 26.1. The van der Waals surface area contributed by atoms with Crippen LogP contribution in [0.5, 0.6) is 11.5 Å². The van der Waals surface area contributed by atoms with Crippen molar-refractivity contribution in [2.75, 3.05) is 13.2 Å². The summed E-state index contributed by atoms with van der Waals surface area (Å²) in [6.07, 6.45) is 0. The van der Waals surface area contributed by atoms with Crippen molar-refractivity contribution >= 4 is 61.0 Å². The van der Waals surface area contributed by atoms with Crippen molar-refractivity contribution < 1.29 is 19.1 Å². The van der Waals surface area contributed by atoms with Crippen molar-refractivity contribution in [3.8, 4) is 11.5 Å². The smallest absolute Gasteiger partial charge is 0.276 e. The van der Waals surface area contributed by atoms with E-state index in [4.69, 9.17) is 21.7 Å². The highest BCUT2D eigenvalue weighted by atomic mass is 79.9. The number of ether oxygens (including phenoxy) is 2. The predicted molar refractivity (Wildman–Crippen MR) is 135 cm³/mol. The maximum absolute atomic E-state index is 12.0. The Balaban J connectivity index is 1.71. The van der Waals surface area contributed by atoms with Crippen molar-refractivity contribution in [2.45, 2.75) is 33.1 Å². The monoisotopic (exact) mass is 585 g/mol. The van der Waals surface area contributed by atoms with Crippen LogP contribution in [-0.4, -0.2) is 30.1 Å². The fourth-order valence-corrected chi connectivity index (χ4v) is 4.28. The first-order chi connectivity index (χ1) is 15.0. The summed E-state index contributed by atoms with van der Waals surface area (Å²) in [5.74, 6) is 0.215. The summed E-state index contributed by atoms with van der Waals surface area (Å²) >= 11 is 11.8. The lowest BCUT2D eigenvalue weighted by molar-refractivity contribution is -0.124. The number of aryl methyl sites for hydroxylation is 1. The zero-order valence-corrected chi connectivity index (χ0v) is 22.2. The lowest BCUT2D eigenvalue weighted by atomic mass is 9.87. The van der Waals surface area contributed by atoms with E-state index in [9.17, 15) is 9.59 Å². The summed E-state index contributed by atoms with van der Waals surface area (Å²) in [7, 11) is 0. The Hall–Kier alpha value is -2.17. The van der Waals surface area contributed by atoms with E-state index in [-0.39, 0.29) is 23.7 Å². The second-order valence-electron chi connectivity index (χ2n) is 7.94. The molecule has 32 heavy (non-hydrogen) atoms. The fourth-order valence-electron chi connectivity index (χ4n) is 2.57. The van der Waals surface area contributed by atoms with Crippen LogP contribution in [0.2, 0.25) is 0 Å². The number of benzene rings is 2. The number of nitrogens with one attached hydrogen (secondary N) is 3. The summed E-state index contributed by atoms with van der Waals surface area (Å²) in [6.45, 7) is 7.78. The van der Waals surface area contributed by atoms with E-state index in [2.05, 4.69) is 68.8 Å². The minimum Gasteiger partial charge on any atom is -0.484 e. The molecule has 0 saturated carbocycles. The van der Waals surface area contributed by atoms with E-state index in [1.54, 1.807) is 0 Å². The van der Waals surface area contributed by atoms with Gasteiger partial charge in [-0.3, -0.25) is 25.8 Å². The molecular weight excluding hydrogens is 562 g/mol. The number of hydrazine groups is 1. The van der Waals surface area contributed by atoms with Crippen LogP contribution < -0.4 is 25.6 Å². The molecule has 0 bridgehead atoms. The Labute approximate surface area is 209 Å². The Morgan fingerprint density at radius 2 is 1.59 bits per heavy atom. The average molecular weight is 587 g/mol. The topological polar surface area (TPSA) is 88.7 Å². The van der Waals surface area contributed by atoms with Crippen LogP contribution in [-0.2, 0) is 15.0 Å². The molecule has 0 heterocycles. The summed E-state index contributed by atoms with van der Waals surface area (Å²) in [5, 5.41) is 2.37. The molecule has 3 N–H and O–H groups in total. The largest absolute Gasteiger partial charge is 0.484 e. The van der Waals surface area contributed by atoms with Gasteiger partial charge in [-0.15, -0.1) is 0 Å². The molecule has 0 aliphatic heterocycles. The third-order valence-corrected chi connectivity index (χ3v) is 5.45. The molecule has 2 aromatic rings. The van der Waals surface area contributed by atoms with Gasteiger partial charge in [-0.2, -0.15) is 0 Å². The van der Waals surface area contributed by atoms with Gasteiger partial charge in [0.1, 0.15) is 11.5 Å². The summed E-state index contributed by atoms with van der Waals surface area (Å²) < 4.78 is 12.6. The van der Waals surface area contributed by atoms with Gasteiger partial charge >= 0.3 is 0 Å². The maximum Gasteiger partial charge on any atom is 0.276 e. The predicted octanol–water partition coefficient (Wildman–Crippen LogP) is 4.30. The molecule has 172 valence electrons. The van der Waals surface area contributed by atoms with Gasteiger partial charge in [-0.25, -0.2) is 0 Å². The van der Waals surface area contributed by atoms with Crippen molar-refractivity contribution in [1.29, 1.82) is 0 Å². The molecule has 2 rings (SSSR count). The van der Waals surface area contributed by atoms with Crippen LogP contribution in [0.3, 0.4) is 0 Å².